The quantitative estimate of drug-likeness (QED) is 0.476. The molecule has 0 saturated carbocycles. The molecule has 8 nitrogen and oxygen atoms in total. The maximum absolute atomic E-state index is 13.7. The van der Waals surface area contributed by atoms with Gasteiger partial charge in [0.25, 0.3) is 0 Å². The summed E-state index contributed by atoms with van der Waals surface area (Å²) in [6.07, 6.45) is -1.04. The van der Waals surface area contributed by atoms with Crippen LogP contribution in [0.3, 0.4) is 0 Å². The van der Waals surface area contributed by atoms with Crippen LogP contribution in [0, 0.1) is 17.5 Å². The highest BCUT2D eigenvalue weighted by molar-refractivity contribution is 7.14. The molecule has 0 radical (unpaired) electrons. The van der Waals surface area contributed by atoms with E-state index in [9.17, 15) is 28.5 Å². The summed E-state index contributed by atoms with van der Waals surface area (Å²) in [5, 5.41) is 43.1. The first-order chi connectivity index (χ1) is 16.3. The number of benzene rings is 1. The minimum atomic E-state index is -1.59. The van der Waals surface area contributed by atoms with E-state index in [2.05, 4.69) is 15.2 Å². The fourth-order valence-electron chi connectivity index (χ4n) is 4.89. The number of hydrogen-bond acceptors (Lipinski definition) is 8. The lowest BCUT2D eigenvalue weighted by molar-refractivity contribution is -0.257. The summed E-state index contributed by atoms with van der Waals surface area (Å²) >= 11 is 1.56. The van der Waals surface area contributed by atoms with Gasteiger partial charge in [0.15, 0.2) is 17.5 Å². The molecule has 2 aromatic heterocycles. The number of nitrogens with zero attached hydrogens (tertiary/aromatic N) is 4. The van der Waals surface area contributed by atoms with Gasteiger partial charge in [0, 0.05) is 12.1 Å². The van der Waals surface area contributed by atoms with Gasteiger partial charge in [-0.05, 0) is 42.5 Å². The Morgan fingerprint density at radius 2 is 1.97 bits per heavy atom. The molecule has 0 bridgehead atoms. The topological polar surface area (TPSA) is 104 Å². The molecule has 2 aliphatic heterocycles. The summed E-state index contributed by atoms with van der Waals surface area (Å²) in [4.78, 5) is 2.09. The number of hydrogen-bond donors (Lipinski definition) is 3. The van der Waals surface area contributed by atoms with Gasteiger partial charge >= 0.3 is 0 Å². The zero-order valence-electron chi connectivity index (χ0n) is 17.9. The number of piperidine rings is 1. The predicted molar refractivity (Wildman–Crippen MR) is 117 cm³/mol. The molecular weight excluding hydrogens is 473 g/mol. The number of aliphatic hydroxyl groups is 3. The Morgan fingerprint density at radius 3 is 2.65 bits per heavy atom. The summed E-state index contributed by atoms with van der Waals surface area (Å²) in [6.45, 7) is 0.621. The molecule has 34 heavy (non-hydrogen) atoms. The van der Waals surface area contributed by atoms with Gasteiger partial charge in [-0.3, -0.25) is 0 Å². The number of rotatable bonds is 4. The molecule has 0 amide bonds. The van der Waals surface area contributed by atoms with Crippen LogP contribution in [-0.4, -0.2) is 73.9 Å². The van der Waals surface area contributed by atoms with Crippen LogP contribution in [0.25, 0.3) is 11.3 Å². The predicted octanol–water partition coefficient (Wildman–Crippen LogP) is 2.12. The van der Waals surface area contributed by atoms with Crippen molar-refractivity contribution >= 4 is 16.3 Å². The Balaban J connectivity index is 1.48. The fourth-order valence-corrected chi connectivity index (χ4v) is 5.65. The molecule has 5 atom stereocenters. The van der Waals surface area contributed by atoms with Crippen molar-refractivity contribution in [2.75, 3.05) is 24.6 Å². The van der Waals surface area contributed by atoms with Gasteiger partial charge in [-0.2, -0.15) is 0 Å². The Morgan fingerprint density at radius 1 is 1.21 bits per heavy atom. The van der Waals surface area contributed by atoms with Crippen molar-refractivity contribution in [2.45, 2.75) is 42.8 Å². The van der Waals surface area contributed by atoms with E-state index in [1.54, 1.807) is 11.3 Å². The molecule has 0 aliphatic carbocycles. The second kappa shape index (κ2) is 8.93. The van der Waals surface area contributed by atoms with Crippen molar-refractivity contribution in [1.29, 1.82) is 0 Å². The van der Waals surface area contributed by atoms with Crippen molar-refractivity contribution in [3.63, 3.8) is 0 Å². The fraction of sp³-hybridized carbons (Fsp3) is 0.455. The van der Waals surface area contributed by atoms with Crippen molar-refractivity contribution in [3.8, 4) is 11.3 Å². The van der Waals surface area contributed by atoms with Crippen LogP contribution in [0.4, 0.5) is 18.2 Å². The van der Waals surface area contributed by atoms with Gasteiger partial charge in [-0.15, -0.1) is 16.4 Å². The molecule has 0 unspecified atom stereocenters. The van der Waals surface area contributed by atoms with Crippen molar-refractivity contribution in [2.24, 2.45) is 0 Å². The van der Waals surface area contributed by atoms with Crippen LogP contribution in [-0.2, 0) is 4.74 Å². The molecule has 2 aliphatic rings. The molecule has 3 aromatic rings. The lowest BCUT2D eigenvalue weighted by Crippen LogP contribution is -2.67. The summed E-state index contributed by atoms with van der Waals surface area (Å²) in [6, 6.07) is 4.44. The van der Waals surface area contributed by atoms with Crippen LogP contribution in [0.1, 0.15) is 18.9 Å². The van der Waals surface area contributed by atoms with E-state index in [-0.39, 0.29) is 11.3 Å². The largest absolute Gasteiger partial charge is 0.394 e. The zero-order valence-corrected chi connectivity index (χ0v) is 18.7. The minimum absolute atomic E-state index is 0.0298. The molecule has 1 aromatic carbocycles. The standard InChI is InChI=1S/C22H23F3N4O4S/c23-13-7-12(8-14(24)18(13)25)15-9-29(27-26-15)19-20(31)16(10-30)33-22(21(19)32)4-2-5-28(11-22)17-3-1-6-34-17/h1,3,6-9,16,19-21,30-32H,2,4-5,10-11H2/t16-,19+,20+,21-,22-/m1/s1. The van der Waals surface area contributed by atoms with Gasteiger partial charge in [0.2, 0.25) is 0 Å². The maximum Gasteiger partial charge on any atom is 0.194 e. The molecule has 2 saturated heterocycles. The van der Waals surface area contributed by atoms with Crippen LogP contribution in [0.2, 0.25) is 0 Å². The Bertz CT molecular complexity index is 1140. The van der Waals surface area contributed by atoms with Gasteiger partial charge in [-0.1, -0.05) is 5.21 Å². The van der Waals surface area contributed by atoms with E-state index in [4.69, 9.17) is 4.74 Å². The van der Waals surface area contributed by atoms with Crippen molar-refractivity contribution in [1.82, 2.24) is 15.0 Å². The number of halogens is 3. The van der Waals surface area contributed by atoms with Crippen LogP contribution < -0.4 is 4.90 Å². The second-order valence-electron chi connectivity index (χ2n) is 8.64. The highest BCUT2D eigenvalue weighted by atomic mass is 32.1. The van der Waals surface area contributed by atoms with E-state index >= 15 is 0 Å². The third-order valence-corrected chi connectivity index (χ3v) is 7.49. The highest BCUT2D eigenvalue weighted by Crippen LogP contribution is 2.43. The molecule has 5 rings (SSSR count). The van der Waals surface area contributed by atoms with E-state index in [1.807, 2.05) is 17.5 Å². The number of aliphatic hydroxyl groups excluding tert-OH is 3. The highest BCUT2D eigenvalue weighted by Gasteiger charge is 2.56. The average molecular weight is 497 g/mol. The van der Waals surface area contributed by atoms with Gasteiger partial charge in [-0.25, -0.2) is 17.9 Å². The minimum Gasteiger partial charge on any atom is -0.394 e. The van der Waals surface area contributed by atoms with Gasteiger partial charge in [0.05, 0.1) is 24.3 Å². The molecule has 4 heterocycles. The average Bonchev–Trinajstić information content (AvgIpc) is 3.53. The third kappa shape index (κ3) is 3.89. The molecule has 1 spiro atoms. The lowest BCUT2D eigenvalue weighted by atomic mass is 9.78. The first-order valence-electron chi connectivity index (χ1n) is 10.8. The second-order valence-corrected chi connectivity index (χ2v) is 9.57. The zero-order chi connectivity index (χ0) is 24.0. The summed E-state index contributed by atoms with van der Waals surface area (Å²) < 4.78 is 48.1. The van der Waals surface area contributed by atoms with Crippen LogP contribution >= 0.6 is 11.3 Å². The van der Waals surface area contributed by atoms with Crippen LogP contribution in [0.15, 0.2) is 35.8 Å². The normalized spacial score (nSPS) is 29.6. The van der Waals surface area contributed by atoms with E-state index in [0.717, 1.165) is 23.7 Å². The lowest BCUT2D eigenvalue weighted by Gasteiger charge is -2.53. The molecule has 182 valence electrons. The third-order valence-electron chi connectivity index (χ3n) is 6.56. The summed E-state index contributed by atoms with van der Waals surface area (Å²) in [5.41, 5.74) is -1.12. The number of anilines is 1. The van der Waals surface area contributed by atoms with E-state index in [0.29, 0.717) is 19.4 Å². The van der Waals surface area contributed by atoms with Crippen molar-refractivity contribution in [3.05, 3.63) is 53.3 Å². The van der Waals surface area contributed by atoms with Crippen LogP contribution in [0.5, 0.6) is 0 Å². The number of ether oxygens (including phenoxy) is 1. The molecule has 12 heteroatoms. The summed E-state index contributed by atoms with van der Waals surface area (Å²) in [5.74, 6) is -4.33. The smallest absolute Gasteiger partial charge is 0.194 e. The number of aromatic nitrogens is 3. The van der Waals surface area contributed by atoms with E-state index < -0.39 is 54.0 Å². The molecular formula is C22H23F3N4O4S. The first-order valence-corrected chi connectivity index (χ1v) is 11.7. The van der Waals surface area contributed by atoms with Gasteiger partial charge < -0.3 is 25.0 Å². The van der Waals surface area contributed by atoms with E-state index in [1.165, 1.54) is 10.9 Å². The maximum atomic E-state index is 13.7. The molecule has 2 fully saturated rings. The monoisotopic (exact) mass is 496 g/mol. The Hall–Kier alpha value is -2.51. The Kier molecular flexibility index (Phi) is 6.10. The first kappa shape index (κ1) is 23.2. The van der Waals surface area contributed by atoms with Gasteiger partial charge in [0.1, 0.15) is 35.6 Å². The SMILES string of the molecule is OC[C@H]1O[C@@]2(CCCN(c3cccs3)C2)[C@H](O)[C@@H](n2cc(-c3cc(F)c(F)c(F)c3)nn2)[C@H]1O. The van der Waals surface area contributed by atoms with Crippen molar-refractivity contribution < 1.29 is 33.2 Å². The Labute approximate surface area is 196 Å². The summed E-state index contributed by atoms with van der Waals surface area (Å²) in [7, 11) is 0. The molecule has 3 N–H and O–H groups in total. The number of thiophene rings is 1.